The molecule has 2 rings (SSSR count). The zero-order chi connectivity index (χ0) is 9.64. The molecule has 0 bridgehead atoms. The molecule has 1 saturated heterocycles. The predicted octanol–water partition coefficient (Wildman–Crippen LogP) is 0.897. The first-order valence-electron chi connectivity index (χ1n) is 6.01. The maximum Gasteiger partial charge on any atom is 0.0700 e. The molecule has 0 radical (unpaired) electrons. The van der Waals surface area contributed by atoms with E-state index in [4.69, 9.17) is 4.74 Å². The molecule has 1 aliphatic carbocycles. The lowest BCUT2D eigenvalue weighted by Crippen LogP contribution is -2.29. The Bertz CT molecular complexity index is 153. The topological polar surface area (TPSA) is 33.3 Å². The van der Waals surface area contributed by atoms with E-state index in [0.29, 0.717) is 6.10 Å². The van der Waals surface area contributed by atoms with Gasteiger partial charge in [-0.1, -0.05) is 0 Å². The molecule has 1 heterocycles. The first kappa shape index (κ1) is 10.4. The van der Waals surface area contributed by atoms with Gasteiger partial charge in [-0.3, -0.25) is 0 Å². The van der Waals surface area contributed by atoms with Crippen LogP contribution in [0.5, 0.6) is 0 Å². The van der Waals surface area contributed by atoms with E-state index in [1.54, 1.807) is 0 Å². The first-order valence-corrected chi connectivity index (χ1v) is 6.01. The lowest BCUT2D eigenvalue weighted by Gasteiger charge is -2.10. The molecule has 1 atom stereocenters. The van der Waals surface area contributed by atoms with Crippen LogP contribution in [0.15, 0.2) is 0 Å². The molecule has 0 unspecified atom stereocenters. The third-order valence-electron chi connectivity index (χ3n) is 2.94. The maximum absolute atomic E-state index is 5.53. The van der Waals surface area contributed by atoms with E-state index in [-0.39, 0.29) is 0 Å². The van der Waals surface area contributed by atoms with Gasteiger partial charge in [0.1, 0.15) is 0 Å². The fourth-order valence-corrected chi connectivity index (χ4v) is 1.88. The summed E-state index contributed by atoms with van der Waals surface area (Å²) in [6.45, 7) is 4.31. The predicted molar refractivity (Wildman–Crippen MR) is 57.5 cm³/mol. The zero-order valence-corrected chi connectivity index (χ0v) is 8.93. The lowest BCUT2D eigenvalue weighted by molar-refractivity contribution is 0.110. The minimum atomic E-state index is 0.492. The lowest BCUT2D eigenvalue weighted by atomic mass is 10.2. The molecular weight excluding hydrogens is 176 g/mol. The third-order valence-corrected chi connectivity index (χ3v) is 2.94. The monoisotopic (exact) mass is 198 g/mol. The molecule has 3 nitrogen and oxygen atoms in total. The SMILES string of the molecule is C(CNC[C@@H]1CCCO1)CNC1CC1. The molecule has 3 heteroatoms. The smallest absolute Gasteiger partial charge is 0.0700 e. The van der Waals surface area contributed by atoms with Crippen LogP contribution in [0, 0.1) is 0 Å². The summed E-state index contributed by atoms with van der Waals surface area (Å²) in [5, 5.41) is 6.97. The minimum absolute atomic E-state index is 0.492. The second kappa shape index (κ2) is 5.69. The molecule has 0 amide bonds. The van der Waals surface area contributed by atoms with Crippen molar-refractivity contribution in [1.82, 2.24) is 10.6 Å². The number of ether oxygens (including phenoxy) is 1. The molecule has 0 aromatic rings. The van der Waals surface area contributed by atoms with Crippen LogP contribution in [0.1, 0.15) is 32.1 Å². The molecule has 14 heavy (non-hydrogen) atoms. The second-order valence-corrected chi connectivity index (χ2v) is 4.42. The first-order chi connectivity index (χ1) is 6.95. The normalized spacial score (nSPS) is 27.0. The van der Waals surface area contributed by atoms with Gasteiger partial charge in [-0.25, -0.2) is 0 Å². The van der Waals surface area contributed by atoms with Gasteiger partial charge in [-0.15, -0.1) is 0 Å². The van der Waals surface area contributed by atoms with Crippen molar-refractivity contribution >= 4 is 0 Å². The Morgan fingerprint density at radius 1 is 1.14 bits per heavy atom. The molecule has 2 fully saturated rings. The van der Waals surface area contributed by atoms with Gasteiger partial charge >= 0.3 is 0 Å². The average molecular weight is 198 g/mol. The van der Waals surface area contributed by atoms with Crippen molar-refractivity contribution < 1.29 is 4.74 Å². The Labute approximate surface area is 86.6 Å². The van der Waals surface area contributed by atoms with E-state index in [2.05, 4.69) is 10.6 Å². The molecule has 0 aromatic heterocycles. The minimum Gasteiger partial charge on any atom is -0.377 e. The van der Waals surface area contributed by atoms with Gasteiger partial charge in [0, 0.05) is 19.2 Å². The highest BCUT2D eigenvalue weighted by Gasteiger charge is 2.19. The Morgan fingerprint density at radius 3 is 2.79 bits per heavy atom. The summed E-state index contributed by atoms with van der Waals surface area (Å²) in [5.41, 5.74) is 0. The molecule has 2 N–H and O–H groups in total. The fourth-order valence-electron chi connectivity index (χ4n) is 1.88. The third kappa shape index (κ3) is 3.95. The van der Waals surface area contributed by atoms with E-state index in [1.807, 2.05) is 0 Å². The molecule has 82 valence electrons. The number of hydrogen-bond acceptors (Lipinski definition) is 3. The van der Waals surface area contributed by atoms with Gasteiger partial charge in [0.2, 0.25) is 0 Å². The van der Waals surface area contributed by atoms with Gasteiger partial charge in [-0.2, -0.15) is 0 Å². The quantitative estimate of drug-likeness (QED) is 0.596. The molecule has 0 spiro atoms. The van der Waals surface area contributed by atoms with Crippen LogP contribution >= 0.6 is 0 Å². The highest BCUT2D eigenvalue weighted by molar-refractivity contribution is 4.80. The van der Waals surface area contributed by atoms with Gasteiger partial charge in [0.05, 0.1) is 6.10 Å². The van der Waals surface area contributed by atoms with Crippen LogP contribution in [-0.2, 0) is 4.74 Å². The maximum atomic E-state index is 5.53. The molecule has 1 saturated carbocycles. The Balaban J connectivity index is 1.35. The highest BCUT2D eigenvalue weighted by Crippen LogP contribution is 2.18. The van der Waals surface area contributed by atoms with Crippen molar-refractivity contribution in [2.24, 2.45) is 0 Å². The summed E-state index contributed by atoms with van der Waals surface area (Å²) in [7, 11) is 0. The standard InChI is InChI=1S/C11H22N2O/c1-3-11(14-8-1)9-12-6-2-7-13-10-4-5-10/h10-13H,1-9H2/t11-/m0/s1. The van der Waals surface area contributed by atoms with Crippen LogP contribution in [0.25, 0.3) is 0 Å². The summed E-state index contributed by atoms with van der Waals surface area (Å²) in [6.07, 6.45) is 7.00. The van der Waals surface area contributed by atoms with Gasteiger partial charge in [-0.05, 0) is 45.2 Å². The Hall–Kier alpha value is -0.120. The summed E-state index contributed by atoms with van der Waals surface area (Å²) >= 11 is 0. The van der Waals surface area contributed by atoms with Crippen molar-refractivity contribution in [3.63, 3.8) is 0 Å². The molecular formula is C11H22N2O. The van der Waals surface area contributed by atoms with Crippen LogP contribution in [-0.4, -0.2) is 38.4 Å². The van der Waals surface area contributed by atoms with E-state index >= 15 is 0 Å². The number of rotatable bonds is 7. The van der Waals surface area contributed by atoms with Crippen LogP contribution in [0.4, 0.5) is 0 Å². The zero-order valence-electron chi connectivity index (χ0n) is 8.93. The van der Waals surface area contributed by atoms with Gasteiger partial charge < -0.3 is 15.4 Å². The molecule has 0 aromatic carbocycles. The molecule has 2 aliphatic rings. The van der Waals surface area contributed by atoms with Crippen LogP contribution in [0.3, 0.4) is 0 Å². The van der Waals surface area contributed by atoms with Crippen molar-refractivity contribution in [2.45, 2.75) is 44.2 Å². The van der Waals surface area contributed by atoms with E-state index in [0.717, 1.165) is 25.7 Å². The van der Waals surface area contributed by atoms with Crippen molar-refractivity contribution in [3.8, 4) is 0 Å². The second-order valence-electron chi connectivity index (χ2n) is 4.42. The van der Waals surface area contributed by atoms with Gasteiger partial charge in [0.15, 0.2) is 0 Å². The average Bonchev–Trinajstić information content (AvgIpc) is 2.87. The van der Waals surface area contributed by atoms with Crippen LogP contribution < -0.4 is 10.6 Å². The van der Waals surface area contributed by atoms with Gasteiger partial charge in [0.25, 0.3) is 0 Å². The van der Waals surface area contributed by atoms with E-state index in [1.165, 1.54) is 38.6 Å². The van der Waals surface area contributed by atoms with Crippen molar-refractivity contribution in [3.05, 3.63) is 0 Å². The molecule has 1 aliphatic heterocycles. The highest BCUT2D eigenvalue weighted by atomic mass is 16.5. The Morgan fingerprint density at radius 2 is 2.07 bits per heavy atom. The van der Waals surface area contributed by atoms with E-state index in [9.17, 15) is 0 Å². The number of nitrogens with one attached hydrogen (secondary N) is 2. The van der Waals surface area contributed by atoms with Crippen LogP contribution in [0.2, 0.25) is 0 Å². The summed E-state index contributed by atoms with van der Waals surface area (Å²) in [6, 6.07) is 0.855. The van der Waals surface area contributed by atoms with Crippen molar-refractivity contribution in [1.29, 1.82) is 0 Å². The van der Waals surface area contributed by atoms with E-state index < -0.39 is 0 Å². The summed E-state index contributed by atoms with van der Waals surface area (Å²) in [4.78, 5) is 0. The fraction of sp³-hybridized carbons (Fsp3) is 1.00. The summed E-state index contributed by atoms with van der Waals surface area (Å²) in [5.74, 6) is 0. The largest absolute Gasteiger partial charge is 0.377 e. The summed E-state index contributed by atoms with van der Waals surface area (Å²) < 4.78 is 5.53. The van der Waals surface area contributed by atoms with Crippen molar-refractivity contribution in [2.75, 3.05) is 26.2 Å². The Kier molecular flexibility index (Phi) is 4.22. The number of hydrogen-bond donors (Lipinski definition) is 2.